The third kappa shape index (κ3) is 3.20. The van der Waals surface area contributed by atoms with Gasteiger partial charge in [0.15, 0.2) is 0 Å². The van der Waals surface area contributed by atoms with Gasteiger partial charge in [-0.2, -0.15) is 0 Å². The molecule has 3 nitrogen and oxygen atoms in total. The Bertz CT molecular complexity index is 212. The molecular weight excluding hydrogens is 188 g/mol. The zero-order valence-corrected chi connectivity index (χ0v) is 9.58. The molecule has 2 saturated heterocycles. The monoisotopic (exact) mass is 210 g/mol. The Hall–Kier alpha value is -0.570. The molecule has 2 heterocycles. The Kier molecular flexibility index (Phi) is 4.01. The highest BCUT2D eigenvalue weighted by molar-refractivity contribution is 5.77. The van der Waals surface area contributed by atoms with Gasteiger partial charge in [0.1, 0.15) is 0 Å². The SMILES string of the molecule is O=C1CCCN1CCCCN1CCCC1. The molecule has 2 rings (SSSR count). The van der Waals surface area contributed by atoms with Gasteiger partial charge in [-0.05, 0) is 51.7 Å². The number of amides is 1. The predicted molar refractivity (Wildman–Crippen MR) is 60.7 cm³/mol. The van der Waals surface area contributed by atoms with Crippen molar-refractivity contribution in [2.24, 2.45) is 0 Å². The molecule has 1 amide bonds. The summed E-state index contributed by atoms with van der Waals surface area (Å²) < 4.78 is 0. The standard InChI is InChI=1S/C12H22N2O/c15-12-6-5-11-14(12)10-4-3-9-13-7-1-2-8-13/h1-11H2. The first kappa shape index (κ1) is 10.9. The van der Waals surface area contributed by atoms with E-state index in [1.165, 1.54) is 45.3 Å². The largest absolute Gasteiger partial charge is 0.343 e. The highest BCUT2D eigenvalue weighted by Gasteiger charge is 2.19. The van der Waals surface area contributed by atoms with E-state index in [4.69, 9.17) is 0 Å². The summed E-state index contributed by atoms with van der Waals surface area (Å²) in [6.45, 7) is 5.82. The van der Waals surface area contributed by atoms with Crippen LogP contribution in [-0.4, -0.2) is 48.4 Å². The van der Waals surface area contributed by atoms with E-state index < -0.39 is 0 Å². The van der Waals surface area contributed by atoms with E-state index in [2.05, 4.69) is 4.90 Å². The highest BCUT2D eigenvalue weighted by atomic mass is 16.2. The van der Waals surface area contributed by atoms with Crippen molar-refractivity contribution < 1.29 is 4.79 Å². The van der Waals surface area contributed by atoms with Gasteiger partial charge in [0.25, 0.3) is 0 Å². The Labute approximate surface area is 92.4 Å². The summed E-state index contributed by atoms with van der Waals surface area (Å²) >= 11 is 0. The average molecular weight is 210 g/mol. The molecule has 0 unspecified atom stereocenters. The van der Waals surface area contributed by atoms with Gasteiger partial charge in [-0.25, -0.2) is 0 Å². The van der Waals surface area contributed by atoms with Crippen LogP contribution in [0.3, 0.4) is 0 Å². The molecule has 0 atom stereocenters. The number of likely N-dealkylation sites (tertiary alicyclic amines) is 2. The summed E-state index contributed by atoms with van der Waals surface area (Å²) in [6, 6.07) is 0. The fourth-order valence-corrected chi connectivity index (χ4v) is 2.58. The molecule has 2 aliphatic rings. The first-order chi connectivity index (χ1) is 7.36. The lowest BCUT2D eigenvalue weighted by Crippen LogP contribution is -2.27. The minimum Gasteiger partial charge on any atom is -0.343 e. The van der Waals surface area contributed by atoms with E-state index in [-0.39, 0.29) is 0 Å². The molecule has 0 aromatic rings. The summed E-state index contributed by atoms with van der Waals surface area (Å²) in [5, 5.41) is 0. The van der Waals surface area contributed by atoms with Crippen molar-refractivity contribution in [2.75, 3.05) is 32.7 Å². The van der Waals surface area contributed by atoms with Gasteiger partial charge in [0.2, 0.25) is 5.91 Å². The Morgan fingerprint density at radius 2 is 1.67 bits per heavy atom. The Morgan fingerprint density at radius 3 is 2.33 bits per heavy atom. The highest BCUT2D eigenvalue weighted by Crippen LogP contribution is 2.12. The Morgan fingerprint density at radius 1 is 0.933 bits per heavy atom. The van der Waals surface area contributed by atoms with Crippen LogP contribution in [0.5, 0.6) is 0 Å². The minimum atomic E-state index is 0.371. The van der Waals surface area contributed by atoms with Crippen molar-refractivity contribution in [1.29, 1.82) is 0 Å². The zero-order chi connectivity index (χ0) is 10.5. The maximum absolute atomic E-state index is 11.3. The maximum Gasteiger partial charge on any atom is 0.222 e. The van der Waals surface area contributed by atoms with Crippen LogP contribution >= 0.6 is 0 Å². The van der Waals surface area contributed by atoms with Gasteiger partial charge >= 0.3 is 0 Å². The van der Waals surface area contributed by atoms with Crippen molar-refractivity contribution in [3.63, 3.8) is 0 Å². The van der Waals surface area contributed by atoms with Crippen molar-refractivity contribution in [3.05, 3.63) is 0 Å². The van der Waals surface area contributed by atoms with Crippen LogP contribution in [-0.2, 0) is 4.79 Å². The lowest BCUT2D eigenvalue weighted by atomic mass is 10.3. The second-order valence-electron chi connectivity index (χ2n) is 4.74. The molecule has 0 saturated carbocycles. The fraction of sp³-hybridized carbons (Fsp3) is 0.917. The first-order valence-corrected chi connectivity index (χ1v) is 6.36. The van der Waals surface area contributed by atoms with Crippen LogP contribution in [0.1, 0.15) is 38.5 Å². The summed E-state index contributed by atoms with van der Waals surface area (Å²) in [5.41, 5.74) is 0. The van der Waals surface area contributed by atoms with E-state index in [1.54, 1.807) is 0 Å². The third-order valence-corrected chi connectivity index (χ3v) is 3.52. The third-order valence-electron chi connectivity index (χ3n) is 3.52. The number of rotatable bonds is 5. The molecule has 0 aliphatic carbocycles. The molecule has 0 aromatic heterocycles. The summed E-state index contributed by atoms with van der Waals surface area (Å²) in [5.74, 6) is 0.371. The number of nitrogens with zero attached hydrogens (tertiary/aromatic N) is 2. The van der Waals surface area contributed by atoms with Crippen molar-refractivity contribution in [3.8, 4) is 0 Å². The van der Waals surface area contributed by atoms with Gasteiger partial charge < -0.3 is 9.80 Å². The summed E-state index contributed by atoms with van der Waals surface area (Å²) in [7, 11) is 0. The van der Waals surface area contributed by atoms with Crippen molar-refractivity contribution >= 4 is 5.91 Å². The van der Waals surface area contributed by atoms with Gasteiger partial charge in [-0.15, -0.1) is 0 Å². The molecule has 0 bridgehead atoms. The summed E-state index contributed by atoms with van der Waals surface area (Å²) in [4.78, 5) is 15.9. The average Bonchev–Trinajstić information content (AvgIpc) is 2.85. The van der Waals surface area contributed by atoms with Crippen LogP contribution < -0.4 is 0 Å². The number of hydrogen-bond donors (Lipinski definition) is 0. The van der Waals surface area contributed by atoms with Crippen LogP contribution in [0.25, 0.3) is 0 Å². The molecule has 2 aliphatic heterocycles. The fourth-order valence-electron chi connectivity index (χ4n) is 2.58. The molecule has 0 spiro atoms. The first-order valence-electron chi connectivity index (χ1n) is 6.36. The van der Waals surface area contributed by atoms with E-state index >= 15 is 0 Å². The lowest BCUT2D eigenvalue weighted by molar-refractivity contribution is -0.127. The van der Waals surface area contributed by atoms with E-state index in [1.807, 2.05) is 4.90 Å². The summed E-state index contributed by atoms with van der Waals surface area (Å²) in [6.07, 6.45) is 7.05. The quantitative estimate of drug-likeness (QED) is 0.642. The van der Waals surface area contributed by atoms with Gasteiger partial charge in [0.05, 0.1) is 0 Å². The minimum absolute atomic E-state index is 0.371. The van der Waals surface area contributed by atoms with Gasteiger partial charge in [0, 0.05) is 19.5 Å². The number of carbonyl (C=O) groups excluding carboxylic acids is 1. The van der Waals surface area contributed by atoms with Crippen LogP contribution in [0.4, 0.5) is 0 Å². The van der Waals surface area contributed by atoms with Gasteiger partial charge in [-0.1, -0.05) is 0 Å². The molecule has 0 aromatic carbocycles. The second kappa shape index (κ2) is 5.50. The molecule has 86 valence electrons. The number of hydrogen-bond acceptors (Lipinski definition) is 2. The lowest BCUT2D eigenvalue weighted by Gasteiger charge is -2.17. The van der Waals surface area contributed by atoms with Crippen LogP contribution in [0.15, 0.2) is 0 Å². The van der Waals surface area contributed by atoms with Crippen molar-refractivity contribution in [1.82, 2.24) is 9.80 Å². The van der Waals surface area contributed by atoms with Gasteiger partial charge in [-0.3, -0.25) is 4.79 Å². The Balaban J connectivity index is 1.52. The maximum atomic E-state index is 11.3. The molecule has 0 radical (unpaired) electrons. The smallest absolute Gasteiger partial charge is 0.222 e. The van der Waals surface area contributed by atoms with Crippen LogP contribution in [0.2, 0.25) is 0 Å². The van der Waals surface area contributed by atoms with E-state index in [0.29, 0.717) is 5.91 Å². The molecular formula is C12H22N2O. The molecule has 0 N–H and O–H groups in total. The van der Waals surface area contributed by atoms with E-state index in [0.717, 1.165) is 25.9 Å². The zero-order valence-electron chi connectivity index (χ0n) is 9.58. The molecule has 2 fully saturated rings. The van der Waals surface area contributed by atoms with Crippen LogP contribution in [0, 0.1) is 0 Å². The predicted octanol–water partition coefficient (Wildman–Crippen LogP) is 1.48. The normalized spacial score (nSPS) is 22.9. The second-order valence-corrected chi connectivity index (χ2v) is 4.74. The number of unbranched alkanes of at least 4 members (excludes halogenated alkanes) is 1. The molecule has 15 heavy (non-hydrogen) atoms. The topological polar surface area (TPSA) is 23.6 Å². The molecule has 3 heteroatoms. The van der Waals surface area contributed by atoms with Crippen molar-refractivity contribution in [2.45, 2.75) is 38.5 Å². The number of carbonyl (C=O) groups is 1. The van der Waals surface area contributed by atoms with E-state index in [9.17, 15) is 4.79 Å².